The fourth-order valence-electron chi connectivity index (χ4n) is 6.08. The van der Waals surface area contributed by atoms with Gasteiger partial charge >= 0.3 is 5.97 Å². The number of hydrogen-bond acceptors (Lipinski definition) is 7. The lowest BCUT2D eigenvalue weighted by molar-refractivity contribution is -0.149. The van der Waals surface area contributed by atoms with Crippen molar-refractivity contribution in [1.82, 2.24) is 5.32 Å². The summed E-state index contributed by atoms with van der Waals surface area (Å²) in [6.45, 7) is 16.8. The lowest BCUT2D eigenvalue weighted by Crippen LogP contribution is -2.50. The SMILES string of the molecule is CCOC(=O)C(C)(C)NC(=O)c1ccc(C2=NC(C)(C)Cc3cc(OCC)c4c(c32)CC(C)(C)O4)cc1NCc1ccccc1. The van der Waals surface area contributed by atoms with Crippen molar-refractivity contribution in [2.75, 3.05) is 18.5 Å². The van der Waals surface area contributed by atoms with Gasteiger partial charge in [0.05, 0.1) is 30.0 Å². The Bertz CT molecular complexity index is 1640. The summed E-state index contributed by atoms with van der Waals surface area (Å²) in [7, 11) is 0. The summed E-state index contributed by atoms with van der Waals surface area (Å²) >= 11 is 0. The minimum absolute atomic E-state index is 0.231. The highest BCUT2D eigenvalue weighted by Gasteiger charge is 2.40. The molecule has 1 amide bonds. The highest BCUT2D eigenvalue weighted by molar-refractivity contribution is 6.17. The number of fused-ring (bicyclic) bond motifs is 3. The van der Waals surface area contributed by atoms with E-state index < -0.39 is 11.5 Å². The van der Waals surface area contributed by atoms with Crippen molar-refractivity contribution in [2.24, 2.45) is 4.99 Å². The van der Waals surface area contributed by atoms with Crippen LogP contribution < -0.4 is 20.1 Å². The summed E-state index contributed by atoms with van der Waals surface area (Å²) in [4.78, 5) is 31.6. The van der Waals surface area contributed by atoms with E-state index in [-0.39, 0.29) is 23.7 Å². The van der Waals surface area contributed by atoms with E-state index in [0.717, 1.165) is 52.3 Å². The Balaban J connectivity index is 1.61. The molecule has 2 N–H and O–H groups in total. The molecule has 3 aromatic carbocycles. The Morgan fingerprint density at radius 2 is 1.71 bits per heavy atom. The van der Waals surface area contributed by atoms with Gasteiger partial charge in [0.2, 0.25) is 0 Å². The van der Waals surface area contributed by atoms with Gasteiger partial charge in [-0.15, -0.1) is 0 Å². The van der Waals surface area contributed by atoms with Gasteiger partial charge in [0.15, 0.2) is 11.5 Å². The Kier molecular flexibility index (Phi) is 8.71. The normalized spacial score (nSPS) is 16.0. The maximum absolute atomic E-state index is 13.7. The van der Waals surface area contributed by atoms with Crippen LogP contribution in [0.3, 0.4) is 0 Å². The number of rotatable bonds is 10. The lowest BCUT2D eigenvalue weighted by Gasteiger charge is -2.31. The Morgan fingerprint density at radius 1 is 0.978 bits per heavy atom. The summed E-state index contributed by atoms with van der Waals surface area (Å²) in [5.41, 5.74) is 5.30. The fraction of sp³-hybridized carbons (Fsp3) is 0.432. The molecule has 0 aromatic heterocycles. The molecule has 45 heavy (non-hydrogen) atoms. The van der Waals surface area contributed by atoms with E-state index in [0.29, 0.717) is 24.4 Å². The van der Waals surface area contributed by atoms with E-state index >= 15 is 0 Å². The average molecular weight is 612 g/mol. The number of benzene rings is 3. The molecule has 2 aliphatic rings. The molecule has 0 atom stereocenters. The van der Waals surface area contributed by atoms with Gasteiger partial charge in [-0.05, 0) is 91.1 Å². The fourth-order valence-corrected chi connectivity index (χ4v) is 6.08. The molecule has 0 fully saturated rings. The van der Waals surface area contributed by atoms with Crippen molar-refractivity contribution in [2.45, 2.75) is 91.5 Å². The van der Waals surface area contributed by atoms with Gasteiger partial charge in [-0.1, -0.05) is 36.4 Å². The number of nitrogens with zero attached hydrogens (tertiary/aromatic N) is 1. The zero-order valence-corrected chi connectivity index (χ0v) is 27.7. The van der Waals surface area contributed by atoms with Crippen LogP contribution >= 0.6 is 0 Å². The number of ether oxygens (including phenoxy) is 3. The van der Waals surface area contributed by atoms with E-state index in [1.54, 1.807) is 26.8 Å². The zero-order valence-electron chi connectivity index (χ0n) is 27.7. The summed E-state index contributed by atoms with van der Waals surface area (Å²) in [5.74, 6) is 0.691. The third-order valence-electron chi connectivity index (χ3n) is 8.06. The molecule has 0 aliphatic carbocycles. The van der Waals surface area contributed by atoms with E-state index in [9.17, 15) is 9.59 Å². The van der Waals surface area contributed by atoms with Crippen LogP contribution in [0.15, 0.2) is 59.6 Å². The molecule has 2 aliphatic heterocycles. The summed E-state index contributed by atoms with van der Waals surface area (Å²) in [6.07, 6.45) is 1.50. The van der Waals surface area contributed by atoms with Crippen LogP contribution in [0, 0.1) is 0 Å². The van der Waals surface area contributed by atoms with Gasteiger partial charge in [0, 0.05) is 35.3 Å². The average Bonchev–Trinajstić information content (AvgIpc) is 3.30. The molecule has 2 heterocycles. The van der Waals surface area contributed by atoms with Crippen LogP contribution in [0.5, 0.6) is 11.5 Å². The van der Waals surface area contributed by atoms with E-state index in [4.69, 9.17) is 19.2 Å². The second-order valence-corrected chi connectivity index (χ2v) is 13.5. The molecule has 0 saturated carbocycles. The van der Waals surface area contributed by atoms with Crippen molar-refractivity contribution in [1.29, 1.82) is 0 Å². The van der Waals surface area contributed by atoms with Crippen LogP contribution in [0.4, 0.5) is 5.69 Å². The molecular weight excluding hydrogens is 566 g/mol. The Morgan fingerprint density at radius 3 is 2.40 bits per heavy atom. The molecule has 3 aromatic rings. The topological polar surface area (TPSA) is 98.2 Å². The molecule has 0 saturated heterocycles. The van der Waals surface area contributed by atoms with Crippen molar-refractivity contribution >= 4 is 23.3 Å². The predicted molar refractivity (Wildman–Crippen MR) is 178 cm³/mol. The van der Waals surface area contributed by atoms with Crippen molar-refractivity contribution in [3.05, 3.63) is 88.0 Å². The van der Waals surface area contributed by atoms with Crippen LogP contribution in [0.25, 0.3) is 0 Å². The summed E-state index contributed by atoms with van der Waals surface area (Å²) in [5, 5.41) is 6.36. The highest BCUT2D eigenvalue weighted by Crippen LogP contribution is 2.48. The third-order valence-corrected chi connectivity index (χ3v) is 8.06. The quantitative estimate of drug-likeness (QED) is 0.249. The maximum Gasteiger partial charge on any atom is 0.331 e. The molecule has 0 spiro atoms. The van der Waals surface area contributed by atoms with Crippen LogP contribution in [0.1, 0.15) is 93.6 Å². The number of amides is 1. The number of nitrogens with one attached hydrogen (secondary N) is 2. The molecule has 5 rings (SSSR count). The minimum atomic E-state index is -1.20. The summed E-state index contributed by atoms with van der Waals surface area (Å²) < 4.78 is 17.7. The molecule has 0 bridgehead atoms. The lowest BCUT2D eigenvalue weighted by atomic mass is 9.80. The smallest absolute Gasteiger partial charge is 0.331 e. The molecule has 0 radical (unpaired) electrons. The molecule has 8 heteroatoms. The number of esters is 1. The van der Waals surface area contributed by atoms with E-state index in [1.807, 2.05) is 49.4 Å². The van der Waals surface area contributed by atoms with Crippen LogP contribution in [-0.2, 0) is 28.9 Å². The standard InChI is InChI=1S/C37H45N3O5/c1-9-43-29-19-25-20-35(3,4)39-31(30(25)27-21-36(5,6)45-32(27)29)24-16-17-26(33(41)40-37(7,8)34(42)44-10-2)28(18-24)38-22-23-14-12-11-13-15-23/h11-19,38H,9-10,20-22H2,1-8H3,(H,40,41). The first-order valence-electron chi connectivity index (χ1n) is 15.8. The Hall–Kier alpha value is -4.33. The van der Waals surface area contributed by atoms with Gasteiger partial charge in [-0.25, -0.2) is 4.79 Å². The number of carbonyl (C=O) groups excluding carboxylic acids is 2. The molecule has 0 unspecified atom stereocenters. The summed E-state index contributed by atoms with van der Waals surface area (Å²) in [6, 6.07) is 17.9. The van der Waals surface area contributed by atoms with E-state index in [1.165, 1.54) is 5.56 Å². The second-order valence-electron chi connectivity index (χ2n) is 13.5. The van der Waals surface area contributed by atoms with Crippen LogP contribution in [0.2, 0.25) is 0 Å². The molecule has 238 valence electrons. The van der Waals surface area contributed by atoms with Crippen molar-refractivity contribution < 1.29 is 23.8 Å². The number of carbonyl (C=O) groups is 2. The predicted octanol–water partition coefficient (Wildman–Crippen LogP) is 6.65. The third kappa shape index (κ3) is 6.85. The van der Waals surface area contributed by atoms with Crippen molar-refractivity contribution in [3.63, 3.8) is 0 Å². The number of hydrogen-bond donors (Lipinski definition) is 2. The number of aliphatic imine (C=N–C) groups is 1. The van der Waals surface area contributed by atoms with Gasteiger partial charge < -0.3 is 24.8 Å². The Labute approximate surface area is 266 Å². The first-order chi connectivity index (χ1) is 21.2. The zero-order chi connectivity index (χ0) is 32.6. The van der Waals surface area contributed by atoms with Gasteiger partial charge in [0.25, 0.3) is 5.91 Å². The minimum Gasteiger partial charge on any atom is -0.490 e. The van der Waals surface area contributed by atoms with Crippen LogP contribution in [-0.4, -0.2) is 47.5 Å². The first kappa shape index (κ1) is 32.1. The molecule has 8 nitrogen and oxygen atoms in total. The second kappa shape index (κ2) is 12.2. The van der Waals surface area contributed by atoms with E-state index in [2.05, 4.69) is 44.4 Å². The van der Waals surface area contributed by atoms with Gasteiger partial charge in [-0.2, -0.15) is 0 Å². The highest BCUT2D eigenvalue weighted by atomic mass is 16.5. The van der Waals surface area contributed by atoms with Gasteiger partial charge in [0.1, 0.15) is 11.1 Å². The number of anilines is 1. The largest absolute Gasteiger partial charge is 0.490 e. The van der Waals surface area contributed by atoms with Gasteiger partial charge in [-0.3, -0.25) is 9.79 Å². The first-order valence-corrected chi connectivity index (χ1v) is 15.8. The monoisotopic (exact) mass is 611 g/mol. The maximum atomic E-state index is 13.7. The molecular formula is C37H45N3O5. The van der Waals surface area contributed by atoms with Crippen molar-refractivity contribution in [3.8, 4) is 11.5 Å².